The standard InChI is InChI=1S/C16H28N4O2S/c1-3-14-11-19-15(23-14)12-20-16(17-2)18-7-4-8-22-13-5-9-21-10-6-13/h11,13H,3-10,12H2,1-2H3,(H2,17,18,20). The number of hydrogen-bond acceptors (Lipinski definition) is 5. The molecule has 0 radical (unpaired) electrons. The second-order valence-corrected chi connectivity index (χ2v) is 6.66. The minimum absolute atomic E-state index is 0.374. The van der Waals surface area contributed by atoms with Gasteiger partial charge in [0, 0.05) is 44.5 Å². The first-order valence-corrected chi connectivity index (χ1v) is 9.21. The Morgan fingerprint density at radius 3 is 2.96 bits per heavy atom. The summed E-state index contributed by atoms with van der Waals surface area (Å²) in [6.07, 6.45) is 6.37. The summed E-state index contributed by atoms with van der Waals surface area (Å²) < 4.78 is 11.2. The van der Waals surface area contributed by atoms with Crippen LogP contribution in [0.2, 0.25) is 0 Å². The third-order valence-electron chi connectivity index (χ3n) is 3.72. The van der Waals surface area contributed by atoms with E-state index in [9.17, 15) is 0 Å². The molecule has 7 heteroatoms. The van der Waals surface area contributed by atoms with E-state index in [0.717, 1.165) is 63.0 Å². The highest BCUT2D eigenvalue weighted by Gasteiger charge is 2.13. The molecule has 0 amide bonds. The van der Waals surface area contributed by atoms with Gasteiger partial charge < -0.3 is 20.1 Å². The van der Waals surface area contributed by atoms with Gasteiger partial charge in [-0.15, -0.1) is 11.3 Å². The first kappa shape index (κ1) is 18.2. The quantitative estimate of drug-likeness (QED) is 0.430. The monoisotopic (exact) mass is 340 g/mol. The summed E-state index contributed by atoms with van der Waals surface area (Å²) in [4.78, 5) is 9.94. The predicted octanol–water partition coefficient (Wildman–Crippen LogP) is 1.96. The Hall–Kier alpha value is -1.18. The van der Waals surface area contributed by atoms with E-state index >= 15 is 0 Å². The molecule has 130 valence electrons. The highest BCUT2D eigenvalue weighted by Crippen LogP contribution is 2.12. The molecule has 6 nitrogen and oxygen atoms in total. The van der Waals surface area contributed by atoms with Crippen LogP contribution in [-0.2, 0) is 22.4 Å². The lowest BCUT2D eigenvalue weighted by Gasteiger charge is -2.22. The smallest absolute Gasteiger partial charge is 0.191 e. The van der Waals surface area contributed by atoms with Crippen molar-refractivity contribution in [3.8, 4) is 0 Å². The van der Waals surface area contributed by atoms with E-state index in [4.69, 9.17) is 9.47 Å². The maximum absolute atomic E-state index is 5.85. The number of nitrogens with one attached hydrogen (secondary N) is 2. The Labute approximate surface area is 142 Å². The number of ether oxygens (including phenoxy) is 2. The Morgan fingerprint density at radius 2 is 2.26 bits per heavy atom. The number of guanidine groups is 1. The van der Waals surface area contributed by atoms with Crippen molar-refractivity contribution < 1.29 is 9.47 Å². The van der Waals surface area contributed by atoms with Gasteiger partial charge in [-0.3, -0.25) is 4.99 Å². The number of aromatic nitrogens is 1. The molecular formula is C16H28N4O2S. The van der Waals surface area contributed by atoms with E-state index in [0.29, 0.717) is 12.6 Å². The lowest BCUT2D eigenvalue weighted by molar-refractivity contribution is -0.0320. The van der Waals surface area contributed by atoms with Gasteiger partial charge >= 0.3 is 0 Å². The van der Waals surface area contributed by atoms with Crippen LogP contribution in [0.5, 0.6) is 0 Å². The minimum atomic E-state index is 0.374. The normalized spacial score (nSPS) is 16.5. The first-order valence-electron chi connectivity index (χ1n) is 8.39. The first-order chi connectivity index (χ1) is 11.3. The molecule has 0 saturated carbocycles. The Morgan fingerprint density at radius 1 is 1.43 bits per heavy atom. The molecule has 1 aliphatic heterocycles. The molecule has 0 bridgehead atoms. The third-order valence-corrected chi connectivity index (χ3v) is 4.86. The van der Waals surface area contributed by atoms with Crippen LogP contribution in [0.1, 0.15) is 36.1 Å². The van der Waals surface area contributed by atoms with Crippen molar-refractivity contribution in [3.63, 3.8) is 0 Å². The average molecular weight is 340 g/mol. The van der Waals surface area contributed by atoms with Gasteiger partial charge in [0.05, 0.1) is 12.6 Å². The molecule has 2 N–H and O–H groups in total. The van der Waals surface area contributed by atoms with E-state index in [-0.39, 0.29) is 0 Å². The molecule has 1 aliphatic rings. The SMILES string of the molecule is CCc1cnc(CNC(=NC)NCCCOC2CCOCC2)s1. The molecule has 1 aromatic heterocycles. The Kier molecular flexibility index (Phi) is 8.35. The summed E-state index contributed by atoms with van der Waals surface area (Å²) in [5.41, 5.74) is 0. The number of hydrogen-bond donors (Lipinski definition) is 2. The fraction of sp³-hybridized carbons (Fsp3) is 0.750. The molecule has 0 unspecified atom stereocenters. The number of aryl methyl sites for hydroxylation is 1. The van der Waals surface area contributed by atoms with Crippen LogP contribution in [0.15, 0.2) is 11.2 Å². The summed E-state index contributed by atoms with van der Waals surface area (Å²) >= 11 is 1.75. The van der Waals surface area contributed by atoms with Crippen molar-refractivity contribution in [1.29, 1.82) is 0 Å². The van der Waals surface area contributed by atoms with E-state index in [2.05, 4.69) is 27.5 Å². The van der Waals surface area contributed by atoms with Crippen molar-refractivity contribution >= 4 is 17.3 Å². The van der Waals surface area contributed by atoms with E-state index in [1.54, 1.807) is 18.4 Å². The molecule has 0 atom stereocenters. The summed E-state index contributed by atoms with van der Waals surface area (Å²) in [5, 5.41) is 7.69. The zero-order chi connectivity index (χ0) is 16.3. The Balaban J connectivity index is 1.55. The largest absolute Gasteiger partial charge is 0.381 e. The van der Waals surface area contributed by atoms with Crippen LogP contribution in [-0.4, -0.2) is 50.5 Å². The van der Waals surface area contributed by atoms with Crippen molar-refractivity contribution in [3.05, 3.63) is 16.1 Å². The van der Waals surface area contributed by atoms with Crippen LogP contribution in [0.3, 0.4) is 0 Å². The molecule has 23 heavy (non-hydrogen) atoms. The number of aliphatic imine (C=N–C) groups is 1. The molecular weight excluding hydrogens is 312 g/mol. The van der Waals surface area contributed by atoms with Crippen molar-refractivity contribution in [2.45, 2.75) is 45.3 Å². The van der Waals surface area contributed by atoms with E-state index < -0.39 is 0 Å². The molecule has 2 heterocycles. The van der Waals surface area contributed by atoms with Crippen LogP contribution >= 0.6 is 11.3 Å². The molecule has 1 fully saturated rings. The highest BCUT2D eigenvalue weighted by atomic mass is 32.1. The summed E-state index contributed by atoms with van der Waals surface area (Å²) in [5.74, 6) is 0.810. The van der Waals surface area contributed by atoms with Gasteiger partial charge in [0.15, 0.2) is 5.96 Å². The van der Waals surface area contributed by atoms with Gasteiger partial charge in [0.25, 0.3) is 0 Å². The number of rotatable bonds is 8. The summed E-state index contributed by atoms with van der Waals surface area (Å²) in [6, 6.07) is 0. The fourth-order valence-electron chi connectivity index (χ4n) is 2.34. The van der Waals surface area contributed by atoms with Crippen LogP contribution in [0, 0.1) is 0 Å². The van der Waals surface area contributed by atoms with Crippen LogP contribution in [0.4, 0.5) is 0 Å². The summed E-state index contributed by atoms with van der Waals surface area (Å²) in [6.45, 7) is 6.14. The minimum Gasteiger partial charge on any atom is -0.381 e. The lowest BCUT2D eigenvalue weighted by atomic mass is 10.1. The molecule has 0 spiro atoms. The lowest BCUT2D eigenvalue weighted by Crippen LogP contribution is -2.37. The second-order valence-electron chi connectivity index (χ2n) is 5.46. The van der Waals surface area contributed by atoms with Gasteiger partial charge in [0.1, 0.15) is 5.01 Å². The zero-order valence-corrected chi connectivity index (χ0v) is 15.0. The summed E-state index contributed by atoms with van der Waals surface area (Å²) in [7, 11) is 1.78. The van der Waals surface area contributed by atoms with Crippen LogP contribution in [0.25, 0.3) is 0 Å². The van der Waals surface area contributed by atoms with Gasteiger partial charge in [-0.05, 0) is 25.7 Å². The number of nitrogens with zero attached hydrogens (tertiary/aromatic N) is 2. The van der Waals surface area contributed by atoms with Gasteiger partial charge in [0.2, 0.25) is 0 Å². The number of thiazole rings is 1. The molecule has 0 aromatic carbocycles. The molecule has 2 rings (SSSR count). The van der Waals surface area contributed by atoms with E-state index in [1.807, 2.05) is 6.20 Å². The average Bonchev–Trinajstić information content (AvgIpc) is 3.06. The molecule has 1 aromatic rings. The van der Waals surface area contributed by atoms with Gasteiger partial charge in [-0.25, -0.2) is 4.98 Å². The second kappa shape index (κ2) is 10.6. The van der Waals surface area contributed by atoms with Crippen molar-refractivity contribution in [2.24, 2.45) is 4.99 Å². The van der Waals surface area contributed by atoms with Gasteiger partial charge in [-0.1, -0.05) is 6.92 Å². The van der Waals surface area contributed by atoms with Crippen molar-refractivity contribution in [1.82, 2.24) is 15.6 Å². The third kappa shape index (κ3) is 6.85. The van der Waals surface area contributed by atoms with Crippen molar-refractivity contribution in [2.75, 3.05) is 33.4 Å². The maximum Gasteiger partial charge on any atom is 0.191 e. The topological polar surface area (TPSA) is 67.8 Å². The van der Waals surface area contributed by atoms with E-state index in [1.165, 1.54) is 4.88 Å². The van der Waals surface area contributed by atoms with Crippen LogP contribution < -0.4 is 10.6 Å². The Bertz CT molecular complexity index is 472. The predicted molar refractivity (Wildman–Crippen MR) is 94.1 cm³/mol. The highest BCUT2D eigenvalue weighted by molar-refractivity contribution is 7.11. The fourth-order valence-corrected chi connectivity index (χ4v) is 3.15. The maximum atomic E-state index is 5.85. The zero-order valence-electron chi connectivity index (χ0n) is 14.1. The molecule has 0 aliphatic carbocycles. The van der Waals surface area contributed by atoms with Gasteiger partial charge in [-0.2, -0.15) is 0 Å². The molecule has 1 saturated heterocycles.